The summed E-state index contributed by atoms with van der Waals surface area (Å²) in [4.78, 5) is 71.4. The molecule has 74 heavy (non-hydrogen) atoms. The van der Waals surface area contributed by atoms with E-state index in [1.165, 1.54) is 64.2 Å². The summed E-state index contributed by atoms with van der Waals surface area (Å²) in [5.41, 5.74) is 0. The van der Waals surface area contributed by atoms with Gasteiger partial charge in [0, 0.05) is 25.7 Å². The standard InChI is InChI=1S/C55H106O17P2/c1-6-9-12-15-17-18-19-20-21-25-31-36-41-55(60)72-51(45-66-53(58)39-34-29-26-22-24-28-32-37-48(4)5)47-70-74(63,64)68-43-49(56)42-67-73(61,62)69-46-50(44-65-52(57)38-33-27-14-11-8-3)71-54(59)40-35-30-23-16-13-10-7-2/h48-51,56H,6-47H2,1-5H3,(H,61,62)(H,63,64)/t49-,50+,51+/m0/s1. The second kappa shape index (κ2) is 49.4. The molecule has 2 unspecified atom stereocenters. The van der Waals surface area contributed by atoms with E-state index in [4.69, 9.17) is 37.0 Å². The van der Waals surface area contributed by atoms with Gasteiger partial charge in [0.1, 0.15) is 19.3 Å². The monoisotopic (exact) mass is 1100 g/mol. The minimum Gasteiger partial charge on any atom is -0.462 e. The zero-order valence-electron chi connectivity index (χ0n) is 47.0. The minimum absolute atomic E-state index is 0.103. The van der Waals surface area contributed by atoms with Gasteiger partial charge in [0.25, 0.3) is 0 Å². The number of phosphoric acid groups is 2. The first-order chi connectivity index (χ1) is 35.5. The third-order valence-corrected chi connectivity index (χ3v) is 14.4. The molecule has 0 radical (unpaired) electrons. The van der Waals surface area contributed by atoms with Crippen molar-refractivity contribution in [2.45, 2.75) is 284 Å². The molecule has 438 valence electrons. The number of rotatable bonds is 55. The molecule has 0 rings (SSSR count). The van der Waals surface area contributed by atoms with Crippen LogP contribution in [0.25, 0.3) is 0 Å². The number of aliphatic hydroxyl groups excluding tert-OH is 1. The van der Waals surface area contributed by atoms with Gasteiger partial charge in [0.15, 0.2) is 12.2 Å². The molecule has 0 heterocycles. The lowest BCUT2D eigenvalue weighted by atomic mass is 10.0. The number of esters is 4. The highest BCUT2D eigenvalue weighted by molar-refractivity contribution is 7.47. The molecule has 0 saturated carbocycles. The maximum Gasteiger partial charge on any atom is 0.472 e. The summed E-state index contributed by atoms with van der Waals surface area (Å²) in [5.74, 6) is -1.46. The van der Waals surface area contributed by atoms with Crippen molar-refractivity contribution >= 4 is 39.5 Å². The lowest BCUT2D eigenvalue weighted by molar-refractivity contribution is -0.161. The quantitative estimate of drug-likeness (QED) is 0.0222. The molecule has 0 aliphatic rings. The van der Waals surface area contributed by atoms with Crippen LogP contribution >= 0.6 is 15.6 Å². The van der Waals surface area contributed by atoms with E-state index in [2.05, 4.69) is 34.6 Å². The van der Waals surface area contributed by atoms with Crippen molar-refractivity contribution in [1.29, 1.82) is 0 Å². The zero-order chi connectivity index (χ0) is 55.0. The van der Waals surface area contributed by atoms with Gasteiger partial charge in [-0.1, -0.05) is 214 Å². The number of phosphoric ester groups is 2. The van der Waals surface area contributed by atoms with E-state index in [0.29, 0.717) is 31.6 Å². The van der Waals surface area contributed by atoms with Crippen LogP contribution in [0.3, 0.4) is 0 Å². The summed E-state index contributed by atoms with van der Waals surface area (Å²) in [6.07, 6.45) is 29.9. The molecular weight excluding hydrogens is 995 g/mol. The van der Waals surface area contributed by atoms with E-state index in [1.807, 2.05) is 0 Å². The number of unbranched alkanes of at least 4 members (excludes halogenated alkanes) is 27. The predicted molar refractivity (Wildman–Crippen MR) is 289 cm³/mol. The summed E-state index contributed by atoms with van der Waals surface area (Å²) in [5, 5.41) is 10.4. The first kappa shape index (κ1) is 72.1. The average Bonchev–Trinajstić information content (AvgIpc) is 3.36. The molecule has 3 N–H and O–H groups in total. The Kier molecular flexibility index (Phi) is 48.1. The van der Waals surface area contributed by atoms with Crippen LogP contribution in [0.2, 0.25) is 0 Å². The lowest BCUT2D eigenvalue weighted by Crippen LogP contribution is -2.30. The van der Waals surface area contributed by atoms with Crippen LogP contribution in [0.1, 0.15) is 266 Å². The number of ether oxygens (including phenoxy) is 4. The summed E-state index contributed by atoms with van der Waals surface area (Å²) in [7, 11) is -9.85. The second-order valence-electron chi connectivity index (χ2n) is 20.4. The van der Waals surface area contributed by atoms with Crippen molar-refractivity contribution in [3.63, 3.8) is 0 Å². The summed E-state index contributed by atoms with van der Waals surface area (Å²) >= 11 is 0. The largest absolute Gasteiger partial charge is 0.472 e. The van der Waals surface area contributed by atoms with Crippen molar-refractivity contribution in [1.82, 2.24) is 0 Å². The van der Waals surface area contributed by atoms with Gasteiger partial charge in [-0.15, -0.1) is 0 Å². The molecule has 0 aromatic carbocycles. The van der Waals surface area contributed by atoms with E-state index in [9.17, 15) is 43.2 Å². The van der Waals surface area contributed by atoms with Gasteiger partial charge in [0.2, 0.25) is 0 Å². The van der Waals surface area contributed by atoms with Crippen LogP contribution in [0, 0.1) is 5.92 Å². The first-order valence-corrected chi connectivity index (χ1v) is 32.1. The predicted octanol–water partition coefficient (Wildman–Crippen LogP) is 14.3. The van der Waals surface area contributed by atoms with Crippen molar-refractivity contribution < 1.29 is 80.2 Å². The molecule has 0 saturated heterocycles. The molecule has 0 amide bonds. The molecular formula is C55H106O17P2. The van der Waals surface area contributed by atoms with Gasteiger partial charge in [-0.05, 0) is 31.6 Å². The summed E-state index contributed by atoms with van der Waals surface area (Å²) in [6.45, 7) is 6.93. The van der Waals surface area contributed by atoms with Crippen molar-refractivity contribution in [2.24, 2.45) is 5.92 Å². The molecule has 0 aliphatic carbocycles. The van der Waals surface area contributed by atoms with Crippen molar-refractivity contribution in [3.8, 4) is 0 Å². The smallest absolute Gasteiger partial charge is 0.462 e. The van der Waals surface area contributed by atoms with Crippen LogP contribution in [0.15, 0.2) is 0 Å². The van der Waals surface area contributed by atoms with Gasteiger partial charge in [-0.2, -0.15) is 0 Å². The Morgan fingerprint density at radius 1 is 0.365 bits per heavy atom. The molecule has 0 aromatic heterocycles. The second-order valence-corrected chi connectivity index (χ2v) is 23.4. The number of carbonyl (C=O) groups is 4. The molecule has 5 atom stereocenters. The Labute approximate surface area is 447 Å². The number of hydrogen-bond acceptors (Lipinski definition) is 15. The zero-order valence-corrected chi connectivity index (χ0v) is 48.7. The van der Waals surface area contributed by atoms with Gasteiger partial charge in [0.05, 0.1) is 26.4 Å². The topological polar surface area (TPSA) is 237 Å². The van der Waals surface area contributed by atoms with Gasteiger partial charge >= 0.3 is 39.5 Å². The first-order valence-electron chi connectivity index (χ1n) is 29.1. The number of carbonyl (C=O) groups excluding carboxylic acids is 4. The minimum atomic E-state index is -4.93. The Balaban J connectivity index is 5.17. The fourth-order valence-corrected chi connectivity index (χ4v) is 9.57. The number of hydrogen-bond donors (Lipinski definition) is 3. The van der Waals surface area contributed by atoms with Crippen LogP contribution < -0.4 is 0 Å². The molecule has 0 aliphatic heterocycles. The van der Waals surface area contributed by atoms with Crippen LogP contribution in [-0.4, -0.2) is 96.7 Å². The van der Waals surface area contributed by atoms with Crippen LogP contribution in [-0.2, 0) is 65.4 Å². The Hall–Kier alpha value is -1.94. The highest BCUT2D eigenvalue weighted by Crippen LogP contribution is 2.45. The fourth-order valence-electron chi connectivity index (χ4n) is 7.99. The summed E-state index contributed by atoms with van der Waals surface area (Å²) < 4.78 is 67.3. The molecule has 0 bridgehead atoms. The Bertz CT molecular complexity index is 1470. The van der Waals surface area contributed by atoms with Gasteiger partial charge in [-0.3, -0.25) is 37.3 Å². The van der Waals surface area contributed by atoms with E-state index in [0.717, 1.165) is 116 Å². The highest BCUT2D eigenvalue weighted by atomic mass is 31.2. The SMILES string of the molecule is CCCCCCCCCCCCCCC(=O)O[C@H](COC(=O)CCCCCCCCCC(C)C)COP(=O)(O)OC[C@@H](O)COP(=O)(O)OC[C@@H](COC(=O)CCCCCCC)OC(=O)CCCCCCCCC. The summed E-state index contributed by atoms with van der Waals surface area (Å²) in [6, 6.07) is 0. The van der Waals surface area contributed by atoms with E-state index >= 15 is 0 Å². The van der Waals surface area contributed by atoms with E-state index in [-0.39, 0.29) is 25.7 Å². The van der Waals surface area contributed by atoms with Crippen molar-refractivity contribution in [3.05, 3.63) is 0 Å². The third kappa shape index (κ3) is 49.6. The van der Waals surface area contributed by atoms with E-state index < -0.39 is 97.5 Å². The third-order valence-electron chi connectivity index (χ3n) is 12.5. The maximum absolute atomic E-state index is 12.9. The molecule has 17 nitrogen and oxygen atoms in total. The van der Waals surface area contributed by atoms with Crippen LogP contribution in [0.5, 0.6) is 0 Å². The molecule has 0 fully saturated rings. The normalized spacial score (nSPS) is 14.5. The highest BCUT2D eigenvalue weighted by Gasteiger charge is 2.30. The Morgan fingerprint density at radius 3 is 0.919 bits per heavy atom. The van der Waals surface area contributed by atoms with Gasteiger partial charge in [-0.25, -0.2) is 9.13 Å². The lowest BCUT2D eigenvalue weighted by Gasteiger charge is -2.21. The van der Waals surface area contributed by atoms with E-state index in [1.54, 1.807) is 0 Å². The average molecular weight is 1100 g/mol. The Morgan fingerprint density at radius 2 is 0.622 bits per heavy atom. The maximum atomic E-state index is 12.9. The van der Waals surface area contributed by atoms with Gasteiger partial charge < -0.3 is 33.8 Å². The number of aliphatic hydroxyl groups is 1. The molecule has 19 heteroatoms. The fraction of sp³-hybridized carbons (Fsp3) is 0.927. The molecule has 0 aromatic rings. The van der Waals surface area contributed by atoms with Crippen LogP contribution in [0.4, 0.5) is 0 Å². The molecule has 0 spiro atoms. The van der Waals surface area contributed by atoms with Crippen molar-refractivity contribution in [2.75, 3.05) is 39.6 Å².